The number of benzene rings is 1. The first kappa shape index (κ1) is 16.0. The van der Waals surface area contributed by atoms with E-state index in [4.69, 9.17) is 9.47 Å². The molecule has 0 saturated carbocycles. The van der Waals surface area contributed by atoms with E-state index in [2.05, 4.69) is 19.6 Å². The summed E-state index contributed by atoms with van der Waals surface area (Å²) < 4.78 is 11.3. The summed E-state index contributed by atoms with van der Waals surface area (Å²) in [5.74, 6) is -0.168. The predicted molar refractivity (Wildman–Crippen MR) is 86.8 cm³/mol. The van der Waals surface area contributed by atoms with Gasteiger partial charge in [-0.25, -0.2) is 4.79 Å². The summed E-state index contributed by atoms with van der Waals surface area (Å²) in [6.07, 6.45) is 1.77. The highest BCUT2D eigenvalue weighted by Gasteiger charge is 2.46. The number of ether oxygens (including phenoxy) is 2. The molecular formula is C17H24O3Si. The lowest BCUT2D eigenvalue weighted by atomic mass is 10.1. The maximum Gasteiger partial charge on any atom is 0.334 e. The van der Waals surface area contributed by atoms with E-state index < -0.39 is 8.07 Å². The molecule has 3 nitrogen and oxygen atoms in total. The van der Waals surface area contributed by atoms with Gasteiger partial charge in [-0.15, -0.1) is 0 Å². The Bertz CT molecular complexity index is 517. The molecule has 1 heterocycles. The molecule has 0 amide bonds. The Morgan fingerprint density at radius 1 is 1.24 bits per heavy atom. The maximum absolute atomic E-state index is 12.0. The van der Waals surface area contributed by atoms with Crippen LogP contribution in [0.4, 0.5) is 0 Å². The Balaban J connectivity index is 2.00. The van der Waals surface area contributed by atoms with Crippen LogP contribution >= 0.6 is 0 Å². The van der Waals surface area contributed by atoms with E-state index in [1.807, 2.05) is 43.3 Å². The normalized spacial score (nSPS) is 24.4. The Labute approximate surface area is 128 Å². The van der Waals surface area contributed by atoms with Gasteiger partial charge >= 0.3 is 5.97 Å². The molecule has 21 heavy (non-hydrogen) atoms. The fourth-order valence-corrected chi connectivity index (χ4v) is 5.42. The van der Waals surface area contributed by atoms with Crippen LogP contribution in [0.15, 0.2) is 42.0 Å². The summed E-state index contributed by atoms with van der Waals surface area (Å²) in [5, 5.41) is 0. The van der Waals surface area contributed by atoms with Crippen LogP contribution in [-0.4, -0.2) is 26.8 Å². The fourth-order valence-electron chi connectivity index (χ4n) is 2.92. The predicted octanol–water partition coefficient (Wildman–Crippen LogP) is 3.78. The van der Waals surface area contributed by atoms with Crippen LogP contribution in [0, 0.1) is 0 Å². The molecule has 0 bridgehead atoms. The Kier molecular flexibility index (Phi) is 5.01. The molecule has 0 N–H and O–H groups in total. The molecule has 1 aromatic carbocycles. The largest absolute Gasteiger partial charge is 0.456 e. The van der Waals surface area contributed by atoms with Crippen molar-refractivity contribution < 1.29 is 14.3 Å². The molecule has 1 fully saturated rings. The molecule has 0 unspecified atom stereocenters. The first-order valence-corrected chi connectivity index (χ1v) is 11.0. The number of cyclic esters (lactones) is 1. The molecule has 0 aliphatic carbocycles. The zero-order chi connectivity index (χ0) is 15.5. The van der Waals surface area contributed by atoms with Gasteiger partial charge in [0.05, 0.1) is 21.3 Å². The van der Waals surface area contributed by atoms with Crippen LogP contribution in [0.2, 0.25) is 25.2 Å². The van der Waals surface area contributed by atoms with Crippen LogP contribution in [0.1, 0.15) is 12.5 Å². The van der Waals surface area contributed by atoms with E-state index in [1.54, 1.807) is 0 Å². The monoisotopic (exact) mass is 304 g/mol. The van der Waals surface area contributed by atoms with Crippen molar-refractivity contribution in [1.82, 2.24) is 0 Å². The lowest BCUT2D eigenvalue weighted by molar-refractivity contribution is -0.141. The molecule has 1 aromatic rings. The Morgan fingerprint density at radius 3 is 2.48 bits per heavy atom. The maximum atomic E-state index is 12.0. The molecule has 0 spiro atoms. The zero-order valence-corrected chi connectivity index (χ0v) is 14.3. The van der Waals surface area contributed by atoms with Crippen LogP contribution in [0.25, 0.3) is 0 Å². The third kappa shape index (κ3) is 3.83. The lowest BCUT2D eigenvalue weighted by Crippen LogP contribution is -2.36. The van der Waals surface area contributed by atoms with Crippen molar-refractivity contribution in [2.24, 2.45) is 0 Å². The highest BCUT2D eigenvalue weighted by Crippen LogP contribution is 2.41. The first-order chi connectivity index (χ1) is 9.93. The smallest absolute Gasteiger partial charge is 0.334 e. The summed E-state index contributed by atoms with van der Waals surface area (Å²) >= 11 is 0. The van der Waals surface area contributed by atoms with Gasteiger partial charge in [0.15, 0.2) is 0 Å². The summed E-state index contributed by atoms with van der Waals surface area (Å²) in [5.41, 5.74) is 2.19. The second kappa shape index (κ2) is 6.58. The van der Waals surface area contributed by atoms with Crippen molar-refractivity contribution in [3.05, 3.63) is 47.5 Å². The first-order valence-electron chi connectivity index (χ1n) is 7.42. The number of esters is 1. The third-order valence-corrected chi connectivity index (χ3v) is 6.39. The van der Waals surface area contributed by atoms with Crippen LogP contribution in [0.5, 0.6) is 0 Å². The molecule has 1 saturated heterocycles. The van der Waals surface area contributed by atoms with Gasteiger partial charge in [-0.05, 0) is 12.5 Å². The van der Waals surface area contributed by atoms with Gasteiger partial charge in [0.2, 0.25) is 0 Å². The van der Waals surface area contributed by atoms with Gasteiger partial charge in [0.1, 0.15) is 6.10 Å². The molecule has 0 aromatic heterocycles. The second-order valence-corrected chi connectivity index (χ2v) is 11.9. The summed E-state index contributed by atoms with van der Waals surface area (Å²) in [6.45, 7) is 9.75. The third-order valence-electron chi connectivity index (χ3n) is 3.84. The van der Waals surface area contributed by atoms with E-state index in [0.29, 0.717) is 13.2 Å². The number of hydrogen-bond donors (Lipinski definition) is 0. The average Bonchev–Trinajstić information content (AvgIpc) is 2.76. The molecule has 114 valence electrons. The average molecular weight is 304 g/mol. The highest BCUT2D eigenvalue weighted by molar-refractivity contribution is 6.79. The van der Waals surface area contributed by atoms with Gasteiger partial charge in [0, 0.05) is 11.1 Å². The lowest BCUT2D eigenvalue weighted by Gasteiger charge is -2.28. The van der Waals surface area contributed by atoms with Gasteiger partial charge < -0.3 is 9.47 Å². The van der Waals surface area contributed by atoms with E-state index in [1.165, 1.54) is 0 Å². The summed E-state index contributed by atoms with van der Waals surface area (Å²) in [7, 11) is -1.54. The topological polar surface area (TPSA) is 35.5 Å². The number of rotatable bonds is 5. The minimum absolute atomic E-state index is 0.140. The molecule has 2 rings (SSSR count). The van der Waals surface area contributed by atoms with Crippen LogP contribution < -0.4 is 0 Å². The molecule has 1 aliphatic heterocycles. The van der Waals surface area contributed by atoms with E-state index in [0.717, 1.165) is 11.1 Å². The molecule has 1 aliphatic rings. The molecular weight excluding hydrogens is 280 g/mol. The fraction of sp³-hybridized carbons (Fsp3) is 0.471. The molecule has 0 radical (unpaired) electrons. The SMILES string of the molecule is C/C=C1\C(=O)O[C@@H](COCc2ccccc2)[C@H]1[Si](C)(C)C. The van der Waals surface area contributed by atoms with Crippen molar-refractivity contribution in [2.45, 2.75) is 44.8 Å². The van der Waals surface area contributed by atoms with Crippen molar-refractivity contribution in [3.8, 4) is 0 Å². The quantitative estimate of drug-likeness (QED) is 0.472. The van der Waals surface area contributed by atoms with Crippen LogP contribution in [-0.2, 0) is 20.9 Å². The number of hydrogen-bond acceptors (Lipinski definition) is 3. The Hall–Kier alpha value is -1.39. The summed E-state index contributed by atoms with van der Waals surface area (Å²) in [6, 6.07) is 10.1. The zero-order valence-electron chi connectivity index (χ0n) is 13.3. The van der Waals surface area contributed by atoms with Crippen molar-refractivity contribution in [2.75, 3.05) is 6.61 Å². The van der Waals surface area contributed by atoms with Gasteiger partial charge in [-0.3, -0.25) is 0 Å². The Morgan fingerprint density at radius 2 is 1.90 bits per heavy atom. The summed E-state index contributed by atoms with van der Waals surface area (Å²) in [4.78, 5) is 12.0. The molecule has 2 atom stereocenters. The van der Waals surface area contributed by atoms with Gasteiger partial charge in [-0.1, -0.05) is 56.0 Å². The van der Waals surface area contributed by atoms with Gasteiger partial charge in [-0.2, -0.15) is 0 Å². The number of allylic oxidation sites excluding steroid dienone is 1. The standard InChI is InChI=1S/C17H24O3Si/c1-5-14-16(21(2,3)4)15(20-17(14)18)12-19-11-13-9-7-6-8-10-13/h5-10,15-16H,11-12H2,1-4H3/b14-5-/t15-,16-/m0/s1. The van der Waals surface area contributed by atoms with Crippen molar-refractivity contribution >= 4 is 14.0 Å². The van der Waals surface area contributed by atoms with Crippen LogP contribution in [0.3, 0.4) is 0 Å². The van der Waals surface area contributed by atoms with E-state index in [-0.39, 0.29) is 17.6 Å². The van der Waals surface area contributed by atoms with Crippen molar-refractivity contribution in [3.63, 3.8) is 0 Å². The van der Waals surface area contributed by atoms with Gasteiger partial charge in [0.25, 0.3) is 0 Å². The second-order valence-electron chi connectivity index (χ2n) is 6.53. The van der Waals surface area contributed by atoms with Crippen molar-refractivity contribution in [1.29, 1.82) is 0 Å². The highest BCUT2D eigenvalue weighted by atomic mass is 28.3. The minimum atomic E-state index is -1.54. The van der Waals surface area contributed by atoms with E-state index >= 15 is 0 Å². The number of carbonyl (C=O) groups is 1. The minimum Gasteiger partial charge on any atom is -0.456 e. The molecule has 4 heteroatoms. The van der Waals surface area contributed by atoms with E-state index in [9.17, 15) is 4.79 Å². The number of carbonyl (C=O) groups excluding carboxylic acids is 1.